The first-order valence-electron chi connectivity index (χ1n) is 14.3. The Balaban J connectivity index is 1.94. The number of unbranched alkanes of at least 4 members (excludes halogenated alkanes) is 3. The van der Waals surface area contributed by atoms with E-state index in [2.05, 4.69) is 31.4 Å². The van der Waals surface area contributed by atoms with Gasteiger partial charge >= 0.3 is 0 Å². The number of hydrogen-bond acceptors (Lipinski definition) is 9. The fourth-order valence-electron chi connectivity index (χ4n) is 4.60. The highest BCUT2D eigenvalue weighted by molar-refractivity contribution is 5.73. The first kappa shape index (κ1) is 32.6. The maximum absolute atomic E-state index is 12.1. The quantitative estimate of drug-likeness (QED) is 0.136. The summed E-state index contributed by atoms with van der Waals surface area (Å²) in [6.45, 7) is 8.34. The van der Waals surface area contributed by atoms with Crippen LogP contribution in [-0.4, -0.2) is 57.8 Å². The Morgan fingerprint density at radius 2 is 1.67 bits per heavy atom. The molecule has 0 amide bonds. The van der Waals surface area contributed by atoms with E-state index in [0.29, 0.717) is 49.3 Å². The summed E-state index contributed by atoms with van der Waals surface area (Å²) in [5.41, 5.74) is 7.03. The molecule has 0 saturated heterocycles. The second kappa shape index (κ2) is 17.2. The van der Waals surface area contributed by atoms with E-state index in [9.17, 15) is 14.7 Å². The molecule has 0 fully saturated rings. The topological polar surface area (TPSA) is 132 Å². The molecule has 0 aliphatic carbocycles. The molecule has 3 atom stereocenters. The van der Waals surface area contributed by atoms with Crippen molar-refractivity contribution >= 4 is 11.4 Å². The molecule has 0 saturated carbocycles. The predicted octanol–water partition coefficient (Wildman–Crippen LogP) is 3.70. The van der Waals surface area contributed by atoms with Gasteiger partial charge in [0.1, 0.15) is 11.4 Å². The molecule has 0 heterocycles. The van der Waals surface area contributed by atoms with Crippen molar-refractivity contribution in [2.45, 2.75) is 77.9 Å². The summed E-state index contributed by atoms with van der Waals surface area (Å²) in [7, 11) is 3.29. The third-order valence-corrected chi connectivity index (χ3v) is 7.22. The third-order valence-electron chi connectivity index (χ3n) is 7.22. The summed E-state index contributed by atoms with van der Waals surface area (Å²) < 4.78 is 16.5. The Morgan fingerprint density at radius 3 is 2.31 bits per heavy atom. The molecule has 220 valence electrons. The molecule has 9 nitrogen and oxygen atoms in total. The van der Waals surface area contributed by atoms with E-state index in [-0.39, 0.29) is 18.2 Å². The number of methoxy groups -OCH3 is 2. The normalized spacial score (nSPS) is 13.8. The number of hydrogen-bond donors (Lipinski definition) is 4. The fraction of sp³-hybridized carbons (Fsp3) is 0.667. The minimum absolute atomic E-state index is 0.101. The average molecular weight is 548 g/mol. The van der Waals surface area contributed by atoms with Crippen LogP contribution in [0.15, 0.2) is 27.8 Å². The zero-order valence-electron chi connectivity index (χ0n) is 24.4. The number of ether oxygens (including phenoxy) is 3. The van der Waals surface area contributed by atoms with Crippen LogP contribution in [0.4, 0.5) is 11.4 Å². The van der Waals surface area contributed by atoms with Crippen LogP contribution in [0.2, 0.25) is 0 Å². The van der Waals surface area contributed by atoms with E-state index in [0.717, 1.165) is 44.1 Å². The van der Waals surface area contributed by atoms with Gasteiger partial charge in [-0.05, 0) is 48.8 Å². The standard InChI is InChI=1S/C30H49N3O6/c1-6-7-8-9-13-32-27-28(30(36)29(27)35)33-19-24(34)23(31)18-22(20(2)3)16-21-11-12-25(38-5)26(17-21)39-15-10-14-37-4/h11-12,17,20,22-24,32-34H,6-10,13-16,18-19,31H2,1-5H3/t22-,23-,24-/m0/s1. The molecule has 2 aromatic carbocycles. The maximum Gasteiger partial charge on any atom is 0.253 e. The number of rotatable bonds is 21. The molecule has 0 bridgehead atoms. The van der Waals surface area contributed by atoms with Gasteiger partial charge in [0.15, 0.2) is 11.5 Å². The zero-order chi connectivity index (χ0) is 28.8. The van der Waals surface area contributed by atoms with Crippen molar-refractivity contribution in [3.05, 3.63) is 44.2 Å². The van der Waals surface area contributed by atoms with Gasteiger partial charge in [0.2, 0.25) is 0 Å². The van der Waals surface area contributed by atoms with Crippen LogP contribution in [0.1, 0.15) is 64.9 Å². The number of aliphatic hydroxyl groups is 1. The van der Waals surface area contributed by atoms with Gasteiger partial charge < -0.3 is 35.7 Å². The highest BCUT2D eigenvalue weighted by Gasteiger charge is 2.25. The largest absolute Gasteiger partial charge is 0.493 e. The highest BCUT2D eigenvalue weighted by atomic mass is 16.5. The number of aliphatic hydroxyl groups excluding tert-OH is 1. The van der Waals surface area contributed by atoms with Gasteiger partial charge in [-0.3, -0.25) is 9.59 Å². The lowest BCUT2D eigenvalue weighted by molar-refractivity contribution is 0.137. The lowest BCUT2D eigenvalue weighted by atomic mass is 9.83. The molecule has 0 aliphatic rings. The monoisotopic (exact) mass is 547 g/mol. The number of anilines is 2. The highest BCUT2D eigenvalue weighted by Crippen LogP contribution is 2.31. The second-order valence-electron chi connectivity index (χ2n) is 10.6. The molecule has 0 unspecified atom stereocenters. The molecule has 0 aromatic heterocycles. The van der Waals surface area contributed by atoms with Crippen LogP contribution in [0.3, 0.4) is 0 Å². The van der Waals surface area contributed by atoms with Gasteiger partial charge in [-0.15, -0.1) is 0 Å². The Labute approximate surface area is 233 Å². The Kier molecular flexibility index (Phi) is 14.3. The van der Waals surface area contributed by atoms with E-state index >= 15 is 0 Å². The Bertz CT molecular complexity index is 1050. The first-order chi connectivity index (χ1) is 18.7. The van der Waals surface area contributed by atoms with E-state index < -0.39 is 23.0 Å². The number of benzene rings is 1. The van der Waals surface area contributed by atoms with Crippen molar-refractivity contribution in [2.75, 3.05) is 51.2 Å². The predicted molar refractivity (Wildman–Crippen MR) is 158 cm³/mol. The Morgan fingerprint density at radius 1 is 0.949 bits per heavy atom. The summed E-state index contributed by atoms with van der Waals surface area (Å²) >= 11 is 0. The van der Waals surface area contributed by atoms with Crippen molar-refractivity contribution in [3.8, 4) is 11.5 Å². The van der Waals surface area contributed by atoms with Gasteiger partial charge in [0.25, 0.3) is 10.9 Å². The fourth-order valence-corrected chi connectivity index (χ4v) is 4.60. The molecule has 0 aliphatic heterocycles. The van der Waals surface area contributed by atoms with Crippen molar-refractivity contribution in [3.63, 3.8) is 0 Å². The molecule has 5 N–H and O–H groups in total. The van der Waals surface area contributed by atoms with Crippen LogP contribution < -0.4 is 36.7 Å². The number of nitrogens with two attached hydrogens (primary N) is 1. The van der Waals surface area contributed by atoms with E-state index in [1.165, 1.54) is 0 Å². The molecule has 0 radical (unpaired) electrons. The summed E-state index contributed by atoms with van der Waals surface area (Å²) in [4.78, 5) is 24.1. The lowest BCUT2D eigenvalue weighted by Crippen LogP contribution is -2.44. The summed E-state index contributed by atoms with van der Waals surface area (Å²) in [5.74, 6) is 1.94. The SMILES string of the molecule is CCCCCCNc1c(NC[C@H](O)[C@@H](N)C[C@H](Cc2ccc(OC)c(OCCCOC)c2)C(C)C)c(=O)c1=O. The van der Waals surface area contributed by atoms with Crippen LogP contribution in [-0.2, 0) is 11.2 Å². The lowest BCUT2D eigenvalue weighted by Gasteiger charge is -2.28. The maximum atomic E-state index is 12.1. The van der Waals surface area contributed by atoms with Crippen molar-refractivity contribution in [2.24, 2.45) is 17.6 Å². The minimum Gasteiger partial charge on any atom is -0.493 e. The van der Waals surface area contributed by atoms with Crippen molar-refractivity contribution < 1.29 is 19.3 Å². The van der Waals surface area contributed by atoms with Crippen molar-refractivity contribution in [1.29, 1.82) is 0 Å². The average Bonchev–Trinajstić information content (AvgIpc) is 2.93. The van der Waals surface area contributed by atoms with E-state index in [4.69, 9.17) is 19.9 Å². The van der Waals surface area contributed by atoms with E-state index in [1.54, 1.807) is 14.2 Å². The molecule has 2 aromatic rings. The molecule has 9 heteroatoms. The second-order valence-corrected chi connectivity index (χ2v) is 10.6. The third kappa shape index (κ3) is 10.1. The molecular weight excluding hydrogens is 498 g/mol. The molecule has 0 spiro atoms. The smallest absolute Gasteiger partial charge is 0.253 e. The molecular formula is C30H49N3O6. The van der Waals surface area contributed by atoms with Gasteiger partial charge in [0, 0.05) is 39.3 Å². The zero-order valence-corrected chi connectivity index (χ0v) is 24.4. The minimum atomic E-state index is -0.872. The van der Waals surface area contributed by atoms with E-state index in [1.807, 2.05) is 18.2 Å². The van der Waals surface area contributed by atoms with Gasteiger partial charge in [0.05, 0.1) is 19.8 Å². The van der Waals surface area contributed by atoms with Gasteiger partial charge in [-0.2, -0.15) is 0 Å². The summed E-state index contributed by atoms with van der Waals surface area (Å²) in [5, 5.41) is 16.8. The molecule has 2 rings (SSSR count). The summed E-state index contributed by atoms with van der Waals surface area (Å²) in [6, 6.07) is 5.46. The van der Waals surface area contributed by atoms with Crippen molar-refractivity contribution in [1.82, 2.24) is 0 Å². The molecule has 39 heavy (non-hydrogen) atoms. The van der Waals surface area contributed by atoms with Crippen LogP contribution in [0.5, 0.6) is 11.5 Å². The Hall–Kier alpha value is -2.62. The van der Waals surface area contributed by atoms with Gasteiger partial charge in [-0.25, -0.2) is 0 Å². The summed E-state index contributed by atoms with van der Waals surface area (Å²) in [6.07, 6.45) is 5.57. The van der Waals surface area contributed by atoms with Gasteiger partial charge in [-0.1, -0.05) is 46.1 Å². The number of nitrogens with one attached hydrogen (secondary N) is 2. The van der Waals surface area contributed by atoms with Crippen LogP contribution >= 0.6 is 0 Å². The van der Waals surface area contributed by atoms with Crippen LogP contribution in [0.25, 0.3) is 0 Å². The first-order valence-corrected chi connectivity index (χ1v) is 14.3. The van der Waals surface area contributed by atoms with Crippen LogP contribution in [0, 0.1) is 11.8 Å².